The lowest BCUT2D eigenvalue weighted by molar-refractivity contribution is -0.146. The Bertz CT molecular complexity index is 1390. The van der Waals surface area contributed by atoms with E-state index in [0.717, 1.165) is 16.4 Å². The van der Waals surface area contributed by atoms with Gasteiger partial charge >= 0.3 is 0 Å². The Labute approximate surface area is 195 Å². The minimum absolute atomic E-state index is 0.00253. The fourth-order valence-electron chi connectivity index (χ4n) is 4.08. The average molecular weight is 480 g/mol. The molecular formula is C22H22FN3O6S. The second-order valence-electron chi connectivity index (χ2n) is 7.83. The number of halogens is 1. The molecule has 1 amide bonds. The number of ether oxygens (including phenoxy) is 2. The highest BCUT2D eigenvalue weighted by atomic mass is 32.2. The topological polar surface area (TPSA) is 109 Å². The molecule has 3 aliphatic rings. The first-order valence-electron chi connectivity index (χ1n) is 12.0. The predicted octanol–water partition coefficient (Wildman–Crippen LogP) is 0.853. The molecule has 1 aromatic heterocycles. The van der Waals surface area contributed by atoms with Crippen LogP contribution in [0.3, 0.4) is 0 Å². The highest BCUT2D eigenvalue weighted by Gasteiger charge is 2.46. The Hall–Kier alpha value is -3.02. The Morgan fingerprint density at radius 2 is 1.76 bits per heavy atom. The molecule has 0 unspecified atom stereocenters. The Morgan fingerprint density at radius 1 is 1.09 bits per heavy atom. The van der Waals surface area contributed by atoms with Gasteiger partial charge in [0, 0.05) is 31.7 Å². The van der Waals surface area contributed by atoms with Crippen molar-refractivity contribution in [2.75, 3.05) is 45.9 Å². The van der Waals surface area contributed by atoms with Gasteiger partial charge in [0.25, 0.3) is 21.8 Å². The zero-order valence-electron chi connectivity index (χ0n) is 21.2. The molecule has 1 aromatic carbocycles. The van der Waals surface area contributed by atoms with Crippen molar-refractivity contribution in [2.45, 2.75) is 10.7 Å². The summed E-state index contributed by atoms with van der Waals surface area (Å²) >= 11 is 0. The summed E-state index contributed by atoms with van der Waals surface area (Å²) in [7, 11) is -4.18. The number of fused-ring (bicyclic) bond motifs is 1. The number of amides is 1. The molecule has 5 rings (SSSR count). The molecule has 0 spiro atoms. The van der Waals surface area contributed by atoms with Crippen molar-refractivity contribution in [1.82, 2.24) is 14.2 Å². The summed E-state index contributed by atoms with van der Waals surface area (Å²) in [5.74, 6) is -1.65. The second kappa shape index (κ2) is 8.08. The molecule has 0 saturated carbocycles. The highest BCUT2D eigenvalue weighted by molar-refractivity contribution is 7.89. The van der Waals surface area contributed by atoms with Crippen LogP contribution >= 0.6 is 0 Å². The van der Waals surface area contributed by atoms with E-state index in [0.29, 0.717) is 11.1 Å². The maximum absolute atomic E-state index is 15.6. The number of benzene rings is 1. The molecule has 1 atom stereocenters. The van der Waals surface area contributed by atoms with E-state index in [4.69, 9.17) is 15.0 Å². The van der Waals surface area contributed by atoms with Crippen molar-refractivity contribution < 1.29 is 37.7 Å². The maximum Gasteiger partial charge on any atom is 0.267 e. The van der Waals surface area contributed by atoms with E-state index in [-0.39, 0.29) is 37.5 Å². The normalized spacial score (nSPS) is 24.8. The number of sulfonamides is 1. The van der Waals surface area contributed by atoms with Crippen LogP contribution in [0.1, 0.15) is 11.0 Å². The number of alkyl halides is 1. The lowest BCUT2D eigenvalue weighted by Gasteiger charge is -2.29. The second-order valence-corrected chi connectivity index (χ2v) is 9.71. The first kappa shape index (κ1) is 17.5. The van der Waals surface area contributed by atoms with Crippen molar-refractivity contribution in [2.24, 2.45) is 0 Å². The number of hydrogen-bond acceptors (Lipinski definition) is 7. The fourth-order valence-corrected chi connectivity index (χ4v) is 5.43. The first-order chi connectivity index (χ1) is 17.3. The van der Waals surface area contributed by atoms with Gasteiger partial charge in [0.2, 0.25) is 5.67 Å². The number of aliphatic hydroxyl groups excluding tert-OH is 1. The Kier molecular flexibility index (Phi) is 4.28. The summed E-state index contributed by atoms with van der Waals surface area (Å²) in [6.45, 7) is -6.87. The number of nitrogens with zero attached hydrogens (tertiary/aromatic N) is 3. The van der Waals surface area contributed by atoms with Gasteiger partial charge in [-0.05, 0) is 23.3 Å². The van der Waals surface area contributed by atoms with Gasteiger partial charge in [-0.3, -0.25) is 4.79 Å². The first-order valence-corrected chi connectivity index (χ1v) is 11.5. The molecule has 0 saturated heterocycles. The third kappa shape index (κ3) is 3.65. The van der Waals surface area contributed by atoms with Gasteiger partial charge < -0.3 is 19.5 Å². The van der Waals surface area contributed by atoms with Gasteiger partial charge in [0.15, 0.2) is 10.8 Å². The van der Waals surface area contributed by atoms with Gasteiger partial charge in [-0.15, -0.1) is 0 Å². The van der Waals surface area contributed by atoms with E-state index in [1.807, 2.05) is 0 Å². The molecule has 9 nitrogen and oxygen atoms in total. The van der Waals surface area contributed by atoms with Crippen molar-refractivity contribution in [3.8, 4) is 11.6 Å². The molecule has 0 radical (unpaired) electrons. The smallest absolute Gasteiger partial charge is 0.267 e. The highest BCUT2D eigenvalue weighted by Crippen LogP contribution is 2.35. The third-order valence-electron chi connectivity index (χ3n) is 5.83. The third-order valence-corrected chi connectivity index (χ3v) is 7.52. The summed E-state index contributed by atoms with van der Waals surface area (Å²) in [5.41, 5.74) is -1.33. The number of aromatic nitrogens is 1. The van der Waals surface area contributed by atoms with Crippen molar-refractivity contribution in [3.05, 3.63) is 59.2 Å². The van der Waals surface area contributed by atoms with Gasteiger partial charge in [0.1, 0.15) is 13.1 Å². The van der Waals surface area contributed by atoms with Gasteiger partial charge in [0.05, 0.1) is 12.1 Å². The summed E-state index contributed by atoms with van der Waals surface area (Å²) < 4.78 is 83.6. The fraction of sp³-hybridized carbons (Fsp3) is 0.364. The average Bonchev–Trinajstić information content (AvgIpc) is 3.44. The summed E-state index contributed by atoms with van der Waals surface area (Å²) in [6.07, 6.45) is 0. The molecule has 3 aliphatic heterocycles. The molecule has 2 aromatic rings. The van der Waals surface area contributed by atoms with Crippen LogP contribution in [0, 0.1) is 0 Å². The van der Waals surface area contributed by atoms with Crippen LogP contribution < -0.4 is 9.47 Å². The van der Waals surface area contributed by atoms with Crippen LogP contribution in [0.2, 0.25) is 0 Å². The Morgan fingerprint density at radius 3 is 2.42 bits per heavy atom. The largest absolute Gasteiger partial charge is 0.484 e. The lowest BCUT2D eigenvalue weighted by Crippen LogP contribution is -2.47. The molecule has 0 bridgehead atoms. The lowest BCUT2D eigenvalue weighted by atomic mass is 9.95. The van der Waals surface area contributed by atoms with E-state index in [2.05, 4.69) is 4.98 Å². The van der Waals surface area contributed by atoms with E-state index in [1.54, 1.807) is 18.2 Å². The number of hydrogen-bond donors (Lipinski definition) is 1. The zero-order chi connectivity index (χ0) is 26.8. The molecular weight excluding hydrogens is 453 g/mol. The minimum atomic E-state index is -4.18. The van der Waals surface area contributed by atoms with Crippen LogP contribution in [-0.4, -0.2) is 79.5 Å². The molecule has 33 heavy (non-hydrogen) atoms. The van der Waals surface area contributed by atoms with Gasteiger partial charge in [-0.25, -0.2) is 12.8 Å². The van der Waals surface area contributed by atoms with E-state index >= 15 is 4.39 Å². The zero-order valence-corrected chi connectivity index (χ0v) is 18.0. The van der Waals surface area contributed by atoms with E-state index in [9.17, 15) is 18.3 Å². The molecule has 174 valence electrons. The minimum Gasteiger partial charge on any atom is -0.484 e. The van der Waals surface area contributed by atoms with Crippen LogP contribution in [0.5, 0.6) is 11.6 Å². The molecule has 1 N–H and O–H groups in total. The maximum atomic E-state index is 15.6. The Balaban J connectivity index is 1.30. The van der Waals surface area contributed by atoms with Gasteiger partial charge in [-0.2, -0.15) is 9.29 Å². The van der Waals surface area contributed by atoms with E-state index in [1.165, 1.54) is 17.0 Å². The van der Waals surface area contributed by atoms with Crippen LogP contribution in [0.4, 0.5) is 4.39 Å². The van der Waals surface area contributed by atoms with Crippen molar-refractivity contribution in [1.29, 1.82) is 0 Å². The molecule has 11 heteroatoms. The van der Waals surface area contributed by atoms with Crippen molar-refractivity contribution >= 4 is 15.9 Å². The summed E-state index contributed by atoms with van der Waals surface area (Å²) in [6, 6.07) is 9.86. The van der Waals surface area contributed by atoms with Crippen LogP contribution in [0.15, 0.2) is 58.6 Å². The van der Waals surface area contributed by atoms with Gasteiger partial charge in [-0.1, -0.05) is 30.3 Å². The SMILES string of the molecule is [2H]C1([2H])Oc2ccc(S(=O)(=O)N3CC4=C(CN(C(=O)[C@](F)(CO)c5ccccc5)C4)C3)nc2OC1([2H])[2H]. The summed E-state index contributed by atoms with van der Waals surface area (Å²) in [4.78, 5) is 18.1. The number of carbonyl (C=O) groups is 1. The van der Waals surface area contributed by atoms with Crippen LogP contribution in [0.25, 0.3) is 0 Å². The molecule has 4 heterocycles. The monoisotopic (exact) mass is 479 g/mol. The predicted molar refractivity (Wildman–Crippen MR) is 114 cm³/mol. The van der Waals surface area contributed by atoms with Crippen LogP contribution in [-0.2, 0) is 20.5 Å². The number of pyridine rings is 1. The van der Waals surface area contributed by atoms with Crippen molar-refractivity contribution in [3.63, 3.8) is 0 Å². The molecule has 0 aliphatic carbocycles. The summed E-state index contributed by atoms with van der Waals surface area (Å²) in [5, 5.41) is 9.25. The standard InChI is InChI=1S/C22H22FN3O6S/c23-22(14-27,17-4-2-1-3-5-17)21(28)25-10-15-12-26(13-16(15)11-25)33(29,30)19-7-6-18-20(24-19)32-9-8-31-18/h1-7,27H,8-14H2/t22-/m0/s1/i8D2,9D2. The number of rotatable bonds is 5. The number of carbonyl (C=O) groups excluding carboxylic acids is 1. The quantitative estimate of drug-likeness (QED) is 0.634. The molecule has 0 fully saturated rings. The van der Waals surface area contributed by atoms with E-state index < -0.39 is 52.2 Å². The number of aliphatic hydroxyl groups is 1.